The fraction of sp³-hybridized carbons (Fsp3) is 0.733. The van der Waals surface area contributed by atoms with Gasteiger partial charge >= 0.3 is 0 Å². The van der Waals surface area contributed by atoms with Crippen molar-refractivity contribution in [2.45, 2.75) is 33.3 Å². The largest absolute Gasteiger partial charge is 0.381 e. The smallest absolute Gasteiger partial charge is 0.158 e. The van der Waals surface area contributed by atoms with Gasteiger partial charge in [0.2, 0.25) is 0 Å². The Kier molecular flexibility index (Phi) is 6.69. The monoisotopic (exact) mass is 294 g/mol. The first-order chi connectivity index (χ1) is 10.3. The minimum absolute atomic E-state index is 0.441. The van der Waals surface area contributed by atoms with Crippen molar-refractivity contribution in [3.05, 3.63) is 11.9 Å². The van der Waals surface area contributed by atoms with Gasteiger partial charge in [-0.05, 0) is 32.6 Å². The highest BCUT2D eigenvalue weighted by Crippen LogP contribution is 2.16. The molecule has 6 nitrogen and oxygen atoms in total. The van der Waals surface area contributed by atoms with Crippen LogP contribution in [0.2, 0.25) is 0 Å². The molecule has 21 heavy (non-hydrogen) atoms. The minimum Gasteiger partial charge on any atom is -0.381 e. The first-order valence-corrected chi connectivity index (χ1v) is 7.83. The quantitative estimate of drug-likeness (QED) is 0.766. The van der Waals surface area contributed by atoms with E-state index in [2.05, 4.69) is 27.5 Å². The van der Waals surface area contributed by atoms with Crippen LogP contribution in [-0.2, 0) is 16.1 Å². The molecule has 1 aliphatic heterocycles. The molecule has 1 aromatic rings. The van der Waals surface area contributed by atoms with Crippen molar-refractivity contribution < 1.29 is 9.47 Å². The van der Waals surface area contributed by atoms with Crippen molar-refractivity contribution in [1.29, 1.82) is 0 Å². The molecule has 0 spiro atoms. The molecule has 1 saturated heterocycles. The fourth-order valence-electron chi connectivity index (χ4n) is 2.33. The van der Waals surface area contributed by atoms with E-state index >= 15 is 0 Å². The molecule has 2 heterocycles. The Hall–Kier alpha value is -1.40. The van der Waals surface area contributed by atoms with Crippen molar-refractivity contribution in [2.75, 3.05) is 43.5 Å². The molecule has 6 heteroatoms. The first kappa shape index (κ1) is 16.0. The molecule has 1 atom stereocenters. The van der Waals surface area contributed by atoms with E-state index in [-0.39, 0.29) is 0 Å². The summed E-state index contributed by atoms with van der Waals surface area (Å²) in [6, 6.07) is 1.95. The van der Waals surface area contributed by atoms with Gasteiger partial charge in [-0.3, -0.25) is 0 Å². The number of hydrogen-bond donors (Lipinski definition) is 2. The number of hydrogen-bond acceptors (Lipinski definition) is 6. The summed E-state index contributed by atoms with van der Waals surface area (Å²) in [5.74, 6) is 2.95. The zero-order chi connectivity index (χ0) is 14.9. The van der Waals surface area contributed by atoms with Crippen LogP contribution in [0.3, 0.4) is 0 Å². The molecule has 1 aromatic heterocycles. The molecule has 0 aliphatic carbocycles. The van der Waals surface area contributed by atoms with Crippen molar-refractivity contribution >= 4 is 11.6 Å². The van der Waals surface area contributed by atoms with Crippen LogP contribution in [0.15, 0.2) is 6.07 Å². The lowest BCUT2D eigenvalue weighted by molar-refractivity contribution is 0.0594. The normalized spacial score (nSPS) is 18.5. The standard InChI is InChI=1S/C15H26N4O2/c1-3-16-13-8-14(19-15(18-13)11-20-4-2)17-9-12-6-5-7-21-10-12/h8,12H,3-7,9-11H2,1-2H3,(H2,16,17,18,19). The van der Waals surface area contributed by atoms with Crippen LogP contribution in [0.1, 0.15) is 32.5 Å². The van der Waals surface area contributed by atoms with E-state index in [0.717, 1.165) is 44.4 Å². The number of rotatable bonds is 8. The Labute approximate surface area is 126 Å². The maximum atomic E-state index is 5.50. The predicted molar refractivity (Wildman–Crippen MR) is 83.6 cm³/mol. The van der Waals surface area contributed by atoms with E-state index in [0.29, 0.717) is 25.0 Å². The minimum atomic E-state index is 0.441. The van der Waals surface area contributed by atoms with E-state index in [4.69, 9.17) is 9.47 Å². The molecule has 118 valence electrons. The van der Waals surface area contributed by atoms with Crippen molar-refractivity contribution in [1.82, 2.24) is 9.97 Å². The molecule has 0 amide bonds. The molecule has 1 unspecified atom stereocenters. The highest BCUT2D eigenvalue weighted by atomic mass is 16.5. The Morgan fingerprint density at radius 3 is 2.76 bits per heavy atom. The Morgan fingerprint density at radius 2 is 2.10 bits per heavy atom. The number of nitrogens with zero attached hydrogens (tertiary/aromatic N) is 2. The molecular weight excluding hydrogens is 268 g/mol. The number of aromatic nitrogens is 2. The van der Waals surface area contributed by atoms with Gasteiger partial charge in [-0.15, -0.1) is 0 Å². The van der Waals surface area contributed by atoms with Gasteiger partial charge in [-0.25, -0.2) is 9.97 Å². The second kappa shape index (κ2) is 8.79. The van der Waals surface area contributed by atoms with Crippen molar-refractivity contribution in [2.24, 2.45) is 5.92 Å². The van der Waals surface area contributed by atoms with Gasteiger partial charge in [0, 0.05) is 32.4 Å². The zero-order valence-corrected chi connectivity index (χ0v) is 13.0. The van der Waals surface area contributed by atoms with E-state index in [1.807, 2.05) is 13.0 Å². The third kappa shape index (κ3) is 5.47. The molecule has 0 bridgehead atoms. The van der Waals surface area contributed by atoms with Gasteiger partial charge in [0.05, 0.1) is 6.61 Å². The second-order valence-electron chi connectivity index (χ2n) is 5.19. The summed E-state index contributed by atoms with van der Waals surface area (Å²) in [5, 5.41) is 6.63. The van der Waals surface area contributed by atoms with Crippen LogP contribution in [0, 0.1) is 5.92 Å². The Balaban J connectivity index is 1.96. The molecule has 2 N–H and O–H groups in total. The second-order valence-corrected chi connectivity index (χ2v) is 5.19. The Morgan fingerprint density at radius 1 is 1.29 bits per heavy atom. The maximum absolute atomic E-state index is 5.50. The van der Waals surface area contributed by atoms with Crippen molar-refractivity contribution in [3.63, 3.8) is 0 Å². The Bertz CT molecular complexity index is 422. The average Bonchev–Trinajstić information content (AvgIpc) is 2.52. The third-order valence-corrected chi connectivity index (χ3v) is 3.39. The zero-order valence-electron chi connectivity index (χ0n) is 13.0. The molecule has 0 radical (unpaired) electrons. The van der Waals surface area contributed by atoms with Crippen LogP contribution < -0.4 is 10.6 Å². The van der Waals surface area contributed by atoms with Gasteiger partial charge in [-0.2, -0.15) is 0 Å². The van der Waals surface area contributed by atoms with E-state index in [1.54, 1.807) is 0 Å². The molecule has 1 fully saturated rings. The van der Waals surface area contributed by atoms with Gasteiger partial charge < -0.3 is 20.1 Å². The topological polar surface area (TPSA) is 68.3 Å². The summed E-state index contributed by atoms with van der Waals surface area (Å²) in [6.07, 6.45) is 2.36. The van der Waals surface area contributed by atoms with Crippen LogP contribution in [0.5, 0.6) is 0 Å². The van der Waals surface area contributed by atoms with Gasteiger partial charge in [0.25, 0.3) is 0 Å². The van der Waals surface area contributed by atoms with Gasteiger partial charge in [-0.1, -0.05) is 0 Å². The number of ether oxygens (including phenoxy) is 2. The highest BCUT2D eigenvalue weighted by molar-refractivity contribution is 5.47. The van der Waals surface area contributed by atoms with Crippen LogP contribution in [0.25, 0.3) is 0 Å². The van der Waals surface area contributed by atoms with E-state index < -0.39 is 0 Å². The number of anilines is 2. The lowest BCUT2D eigenvalue weighted by Gasteiger charge is -2.22. The maximum Gasteiger partial charge on any atom is 0.158 e. The predicted octanol–water partition coefficient (Wildman–Crippen LogP) is 2.28. The van der Waals surface area contributed by atoms with Crippen LogP contribution in [-0.4, -0.2) is 42.9 Å². The van der Waals surface area contributed by atoms with Crippen molar-refractivity contribution in [3.8, 4) is 0 Å². The summed E-state index contributed by atoms with van der Waals surface area (Å²) >= 11 is 0. The summed E-state index contributed by atoms with van der Waals surface area (Å²) in [5.41, 5.74) is 0. The summed E-state index contributed by atoms with van der Waals surface area (Å²) in [4.78, 5) is 8.95. The molecule has 0 aromatic carbocycles. The fourth-order valence-corrected chi connectivity index (χ4v) is 2.33. The van der Waals surface area contributed by atoms with Gasteiger partial charge in [0.1, 0.15) is 18.2 Å². The molecule has 1 aliphatic rings. The summed E-state index contributed by atoms with van der Waals surface area (Å²) in [6.45, 7) is 8.58. The summed E-state index contributed by atoms with van der Waals surface area (Å²) < 4.78 is 10.9. The molecule has 0 saturated carbocycles. The lowest BCUT2D eigenvalue weighted by atomic mass is 10.0. The lowest BCUT2D eigenvalue weighted by Crippen LogP contribution is -2.24. The average molecular weight is 294 g/mol. The van der Waals surface area contributed by atoms with Crippen LogP contribution >= 0.6 is 0 Å². The molecule has 2 rings (SSSR count). The van der Waals surface area contributed by atoms with Gasteiger partial charge in [0.15, 0.2) is 5.82 Å². The molecular formula is C15H26N4O2. The first-order valence-electron chi connectivity index (χ1n) is 7.83. The highest BCUT2D eigenvalue weighted by Gasteiger charge is 2.14. The van der Waals surface area contributed by atoms with E-state index in [9.17, 15) is 0 Å². The third-order valence-electron chi connectivity index (χ3n) is 3.39. The number of nitrogens with one attached hydrogen (secondary N) is 2. The SMILES string of the molecule is CCNc1cc(NCC2CCCOC2)nc(COCC)n1. The summed E-state index contributed by atoms with van der Waals surface area (Å²) in [7, 11) is 0. The van der Waals surface area contributed by atoms with Crippen LogP contribution in [0.4, 0.5) is 11.6 Å². The van der Waals surface area contributed by atoms with E-state index in [1.165, 1.54) is 6.42 Å².